The number of pyridine rings is 1. The topological polar surface area (TPSA) is 82.8 Å². The lowest BCUT2D eigenvalue weighted by Gasteiger charge is -2.32. The van der Waals surface area contributed by atoms with Gasteiger partial charge in [-0.2, -0.15) is 0 Å². The van der Waals surface area contributed by atoms with Gasteiger partial charge in [-0.05, 0) is 32.5 Å². The minimum absolute atomic E-state index is 0.0571. The first-order valence-electron chi connectivity index (χ1n) is 11.5. The van der Waals surface area contributed by atoms with Crippen molar-refractivity contribution in [1.29, 1.82) is 0 Å². The van der Waals surface area contributed by atoms with Gasteiger partial charge in [0.15, 0.2) is 5.89 Å². The average Bonchev–Trinajstić information content (AvgIpc) is 3.44. The number of hydrogen-bond donors (Lipinski definition) is 0. The number of piperazine rings is 1. The van der Waals surface area contributed by atoms with Crippen LogP contribution in [0, 0.1) is 13.8 Å². The molecule has 0 N–H and O–H groups in total. The molecule has 1 atom stereocenters. The van der Waals surface area contributed by atoms with Gasteiger partial charge in [0, 0.05) is 63.2 Å². The molecule has 3 aromatic rings. The molecule has 2 amide bonds. The molecule has 2 aliphatic heterocycles. The second-order valence-electron chi connectivity index (χ2n) is 9.09. The predicted molar refractivity (Wildman–Crippen MR) is 124 cm³/mol. The summed E-state index contributed by atoms with van der Waals surface area (Å²) >= 11 is 0. The van der Waals surface area contributed by atoms with Crippen LogP contribution in [0.1, 0.15) is 50.5 Å². The van der Waals surface area contributed by atoms with Crippen LogP contribution in [-0.4, -0.2) is 82.8 Å². The smallest absolute Gasteiger partial charge is 0.291 e. The molecule has 0 spiro atoms. The van der Waals surface area contributed by atoms with Gasteiger partial charge in [-0.1, -0.05) is 18.2 Å². The molecule has 33 heavy (non-hydrogen) atoms. The van der Waals surface area contributed by atoms with Crippen LogP contribution < -0.4 is 0 Å². The minimum Gasteiger partial charge on any atom is -0.436 e. The van der Waals surface area contributed by atoms with Crippen molar-refractivity contribution in [2.45, 2.75) is 26.2 Å². The van der Waals surface area contributed by atoms with Crippen LogP contribution in [-0.2, 0) is 0 Å². The van der Waals surface area contributed by atoms with Gasteiger partial charge in [0.1, 0.15) is 0 Å². The Bertz CT molecular complexity index is 1210. The number of likely N-dealkylation sites (tertiary alicyclic amines) is 1. The zero-order valence-corrected chi connectivity index (χ0v) is 19.4. The van der Waals surface area contributed by atoms with E-state index in [9.17, 15) is 9.59 Å². The Hall–Kier alpha value is -3.26. The summed E-state index contributed by atoms with van der Waals surface area (Å²) in [5.41, 5.74) is 3.00. The van der Waals surface area contributed by atoms with Gasteiger partial charge in [0.05, 0.1) is 16.8 Å². The molecule has 2 saturated heterocycles. The standard InChI is InChI=1S/C25H29N5O3/c1-16-23(33-17(2)26-16)25(32)30-9-8-18(15-30)22-14-20(19-6-4-5-7-21(19)27-22)24(31)29-12-10-28(3)11-13-29/h4-7,14,18H,8-13,15H2,1-3H3/t18-/m0/s1. The third kappa shape index (κ3) is 4.11. The molecule has 4 heterocycles. The highest BCUT2D eigenvalue weighted by Gasteiger charge is 2.32. The van der Waals surface area contributed by atoms with Crippen molar-refractivity contribution in [3.8, 4) is 0 Å². The summed E-state index contributed by atoms with van der Waals surface area (Å²) in [6.07, 6.45) is 0.797. The lowest BCUT2D eigenvalue weighted by atomic mass is 9.98. The zero-order chi connectivity index (χ0) is 23.1. The molecule has 0 saturated carbocycles. The minimum atomic E-state index is -0.134. The number of fused-ring (bicyclic) bond motifs is 1. The van der Waals surface area contributed by atoms with Crippen LogP contribution >= 0.6 is 0 Å². The van der Waals surface area contributed by atoms with E-state index in [1.54, 1.807) is 18.7 Å². The van der Waals surface area contributed by atoms with Gasteiger partial charge in [-0.25, -0.2) is 4.98 Å². The van der Waals surface area contributed by atoms with Gasteiger partial charge in [-0.3, -0.25) is 14.6 Å². The molecule has 172 valence electrons. The maximum atomic E-state index is 13.5. The number of nitrogens with zero attached hydrogens (tertiary/aromatic N) is 5. The SMILES string of the molecule is Cc1nc(C)c(C(=O)N2CC[C@H](c3cc(C(=O)N4CCN(C)CC4)c4ccccc4n3)C2)o1. The summed E-state index contributed by atoms with van der Waals surface area (Å²) < 4.78 is 5.54. The Morgan fingerprint density at radius 1 is 0.970 bits per heavy atom. The van der Waals surface area contributed by atoms with Crippen molar-refractivity contribution in [3.05, 3.63) is 58.9 Å². The fourth-order valence-corrected chi connectivity index (χ4v) is 4.82. The van der Waals surface area contributed by atoms with E-state index < -0.39 is 0 Å². The molecule has 0 bridgehead atoms. The molecule has 0 aliphatic carbocycles. The maximum Gasteiger partial charge on any atom is 0.291 e. The normalized spacial score (nSPS) is 19.4. The quantitative estimate of drug-likeness (QED) is 0.614. The van der Waals surface area contributed by atoms with Gasteiger partial charge in [0.25, 0.3) is 11.8 Å². The summed E-state index contributed by atoms with van der Waals surface area (Å²) in [6, 6.07) is 9.77. The second kappa shape index (κ2) is 8.59. The number of likely N-dealkylation sites (N-methyl/N-ethyl adjacent to an activating group) is 1. The van der Waals surface area contributed by atoms with Gasteiger partial charge >= 0.3 is 0 Å². The van der Waals surface area contributed by atoms with E-state index >= 15 is 0 Å². The zero-order valence-electron chi connectivity index (χ0n) is 19.4. The van der Waals surface area contributed by atoms with Crippen LogP contribution in [0.4, 0.5) is 0 Å². The summed E-state index contributed by atoms with van der Waals surface area (Å²) in [7, 11) is 2.08. The van der Waals surface area contributed by atoms with E-state index in [0.717, 1.165) is 49.2 Å². The summed E-state index contributed by atoms with van der Waals surface area (Å²) in [4.78, 5) is 41.6. The van der Waals surface area contributed by atoms with E-state index in [1.165, 1.54) is 0 Å². The number of aromatic nitrogens is 2. The summed E-state index contributed by atoms with van der Waals surface area (Å²) in [6.45, 7) is 7.91. The molecule has 8 heteroatoms. The number of carbonyl (C=O) groups excluding carboxylic acids is 2. The van der Waals surface area contributed by atoms with Crippen molar-refractivity contribution in [1.82, 2.24) is 24.7 Å². The van der Waals surface area contributed by atoms with E-state index in [0.29, 0.717) is 36.0 Å². The lowest BCUT2D eigenvalue weighted by Crippen LogP contribution is -2.47. The van der Waals surface area contributed by atoms with Crippen LogP contribution in [0.25, 0.3) is 10.9 Å². The third-order valence-electron chi connectivity index (χ3n) is 6.75. The van der Waals surface area contributed by atoms with Crippen molar-refractivity contribution < 1.29 is 14.0 Å². The summed E-state index contributed by atoms with van der Waals surface area (Å²) in [5.74, 6) is 0.800. The maximum absolute atomic E-state index is 13.5. The molecule has 0 unspecified atom stereocenters. The first-order valence-corrected chi connectivity index (χ1v) is 11.5. The summed E-state index contributed by atoms with van der Waals surface area (Å²) in [5, 5.41) is 0.879. The van der Waals surface area contributed by atoms with Crippen molar-refractivity contribution in [3.63, 3.8) is 0 Å². The monoisotopic (exact) mass is 447 g/mol. The van der Waals surface area contributed by atoms with Gasteiger partial charge in [-0.15, -0.1) is 0 Å². The highest BCUT2D eigenvalue weighted by atomic mass is 16.4. The number of aryl methyl sites for hydroxylation is 2. The molecular formula is C25H29N5O3. The fraction of sp³-hybridized carbons (Fsp3) is 0.440. The molecule has 8 nitrogen and oxygen atoms in total. The number of carbonyl (C=O) groups is 2. The van der Waals surface area contributed by atoms with Crippen molar-refractivity contribution in [2.75, 3.05) is 46.3 Å². The number of para-hydroxylation sites is 1. The van der Waals surface area contributed by atoms with Crippen molar-refractivity contribution in [2.24, 2.45) is 0 Å². The molecule has 2 aliphatic rings. The van der Waals surface area contributed by atoms with E-state index in [4.69, 9.17) is 9.40 Å². The number of benzene rings is 1. The molecule has 2 aromatic heterocycles. The highest BCUT2D eigenvalue weighted by molar-refractivity contribution is 6.06. The molecular weight excluding hydrogens is 418 g/mol. The molecule has 1 aromatic carbocycles. The largest absolute Gasteiger partial charge is 0.436 e. The van der Waals surface area contributed by atoms with E-state index in [-0.39, 0.29) is 17.7 Å². The van der Waals surface area contributed by atoms with Crippen LogP contribution in [0.15, 0.2) is 34.7 Å². The third-order valence-corrected chi connectivity index (χ3v) is 6.75. The Balaban J connectivity index is 1.42. The fourth-order valence-electron chi connectivity index (χ4n) is 4.82. The van der Waals surface area contributed by atoms with Crippen molar-refractivity contribution >= 4 is 22.7 Å². The highest BCUT2D eigenvalue weighted by Crippen LogP contribution is 2.31. The Morgan fingerprint density at radius 3 is 2.45 bits per heavy atom. The number of amides is 2. The molecule has 5 rings (SSSR count). The first kappa shape index (κ1) is 21.6. The lowest BCUT2D eigenvalue weighted by molar-refractivity contribution is 0.0665. The molecule has 2 fully saturated rings. The Morgan fingerprint density at radius 2 is 1.73 bits per heavy atom. The number of oxazole rings is 1. The number of rotatable bonds is 3. The predicted octanol–water partition coefficient (Wildman–Crippen LogP) is 2.86. The van der Waals surface area contributed by atoms with Crippen LogP contribution in [0.5, 0.6) is 0 Å². The van der Waals surface area contributed by atoms with Crippen LogP contribution in [0.3, 0.4) is 0 Å². The van der Waals surface area contributed by atoms with Gasteiger partial charge in [0.2, 0.25) is 5.76 Å². The first-order chi connectivity index (χ1) is 15.9. The second-order valence-corrected chi connectivity index (χ2v) is 9.09. The number of hydrogen-bond acceptors (Lipinski definition) is 6. The molecule has 0 radical (unpaired) electrons. The average molecular weight is 448 g/mol. The van der Waals surface area contributed by atoms with Gasteiger partial charge < -0.3 is 19.1 Å². The Labute approximate surface area is 193 Å². The van der Waals surface area contributed by atoms with Crippen LogP contribution in [0.2, 0.25) is 0 Å². The van der Waals surface area contributed by atoms with E-state index in [2.05, 4.69) is 16.9 Å². The Kier molecular flexibility index (Phi) is 5.62. The van der Waals surface area contributed by atoms with E-state index in [1.807, 2.05) is 35.2 Å².